The second-order valence-electron chi connectivity index (χ2n) is 26.5. The van der Waals surface area contributed by atoms with Crippen LogP contribution in [0.2, 0.25) is 0 Å². The lowest BCUT2D eigenvalue weighted by Crippen LogP contribution is -2.41. The monoisotopic (exact) mass is 1230 g/mol. The van der Waals surface area contributed by atoms with Gasteiger partial charge in [0, 0.05) is 58.9 Å². The summed E-state index contributed by atoms with van der Waals surface area (Å²) in [6.45, 7) is 5.04. The Bertz CT molecular complexity index is 3790. The predicted molar refractivity (Wildman–Crippen MR) is 350 cm³/mol. The summed E-state index contributed by atoms with van der Waals surface area (Å²) >= 11 is 0. The van der Waals surface area contributed by atoms with Gasteiger partial charge in [-0.2, -0.15) is 0 Å². The molecule has 11 nitrogen and oxygen atoms in total. The average molecular weight is 1230 g/mol. The Morgan fingerprint density at radius 2 is 1.65 bits per heavy atom. The van der Waals surface area contributed by atoms with E-state index >= 15 is 4.79 Å². The number of phenols is 2. The van der Waals surface area contributed by atoms with Gasteiger partial charge < -0.3 is 50.2 Å². The fraction of sp³-hybridized carbons (Fsp3) is 0.479. The van der Waals surface area contributed by atoms with Gasteiger partial charge in [0.05, 0.1) is 28.6 Å². The summed E-state index contributed by atoms with van der Waals surface area (Å²) in [6.07, 6.45) is 8.78. The third-order valence-electron chi connectivity index (χ3n) is 20.5. The molecule has 3 aliphatic carbocycles. The normalized spacial score (nSPS) is 26.8. The van der Waals surface area contributed by atoms with Crippen molar-refractivity contribution in [3.63, 3.8) is 0 Å². The molecule has 7 aromatic rings. The van der Waals surface area contributed by atoms with Gasteiger partial charge in [-0.3, -0.25) is 4.79 Å². The number of aromatic hydroxyl groups is 3. The molecule has 4 aliphatic heterocycles. The van der Waals surface area contributed by atoms with Gasteiger partial charge in [-0.05, 0) is 186 Å². The van der Waals surface area contributed by atoms with Crippen molar-refractivity contribution in [3.05, 3.63) is 151 Å². The third-order valence-corrected chi connectivity index (χ3v) is 26.1. The Balaban J connectivity index is 0.943. The zero-order chi connectivity index (χ0) is 59.1. The van der Waals surface area contributed by atoms with E-state index in [1.807, 2.05) is 16.9 Å². The van der Waals surface area contributed by atoms with E-state index in [4.69, 9.17) is 9.15 Å². The first-order chi connectivity index (χ1) is 41.7. The van der Waals surface area contributed by atoms with Crippen molar-refractivity contribution in [2.45, 2.75) is 175 Å². The molecule has 7 aliphatic rings. The quantitative estimate of drug-likeness (QED) is 0.0603. The molecule has 86 heavy (non-hydrogen) atoms. The highest BCUT2D eigenvalue weighted by molar-refractivity contribution is 8.77. The van der Waals surface area contributed by atoms with Crippen molar-refractivity contribution in [2.24, 2.45) is 17.8 Å². The Labute approximate surface area is 519 Å². The Kier molecular flexibility index (Phi) is 16.6. The number of fused-ring (bicyclic) bond motifs is 12. The minimum absolute atomic E-state index is 0.00186. The maximum absolute atomic E-state index is 15.8. The molecule has 5 heterocycles. The average Bonchev–Trinajstić information content (AvgIpc) is 0.741. The van der Waals surface area contributed by atoms with Crippen LogP contribution in [-0.2, 0) is 31.4 Å². The number of aliphatic hydroxyl groups is 4. The molecule has 5 bridgehead atoms. The molecule has 0 amide bonds. The third kappa shape index (κ3) is 10.8. The molecule has 0 spiro atoms. The second-order valence-corrected chi connectivity index (χ2v) is 31.7. The summed E-state index contributed by atoms with van der Waals surface area (Å²) < 4.78 is 14.1. The summed E-state index contributed by atoms with van der Waals surface area (Å²) in [5, 5.41) is 92.2. The molecule has 0 radical (unpaired) electrons. The first-order valence-electron chi connectivity index (χ1n) is 31.6. The topological polar surface area (TPSA) is 193 Å². The molecule has 8 N–H and O–H groups in total. The van der Waals surface area contributed by atoms with Gasteiger partial charge in [0.2, 0.25) is 11.2 Å². The van der Waals surface area contributed by atoms with Crippen molar-refractivity contribution < 1.29 is 44.9 Å². The number of benzene rings is 6. The number of ether oxygens (including phenoxy) is 1. The number of hydrogen-bond acceptors (Lipinski definition) is 15. The van der Waals surface area contributed by atoms with Crippen LogP contribution in [0.5, 0.6) is 23.0 Å². The van der Waals surface area contributed by atoms with E-state index in [-0.39, 0.29) is 86.9 Å². The van der Waals surface area contributed by atoms with E-state index in [0.29, 0.717) is 72.4 Å². The van der Waals surface area contributed by atoms with E-state index in [9.17, 15) is 35.7 Å². The van der Waals surface area contributed by atoms with Crippen LogP contribution in [0.3, 0.4) is 0 Å². The molecular formula is C71H79NO10S4. The van der Waals surface area contributed by atoms with E-state index < -0.39 is 41.0 Å². The molecule has 452 valence electrons. The Hall–Kier alpha value is -4.81. The van der Waals surface area contributed by atoms with Crippen LogP contribution < -0.4 is 15.5 Å². The number of rotatable bonds is 10. The molecule has 14 rings (SSSR count). The Morgan fingerprint density at radius 3 is 2.47 bits per heavy atom. The van der Waals surface area contributed by atoms with Crippen LogP contribution in [0.4, 0.5) is 0 Å². The van der Waals surface area contributed by atoms with Gasteiger partial charge in [-0.1, -0.05) is 143 Å². The molecule has 6 aromatic carbocycles. The van der Waals surface area contributed by atoms with Crippen LogP contribution in [0.25, 0.3) is 44.2 Å². The minimum atomic E-state index is -1.01. The lowest BCUT2D eigenvalue weighted by molar-refractivity contribution is -0.0101. The molecule has 15 heteroatoms. The molecular weight excluding hydrogens is 1160 g/mol. The molecule has 3 fully saturated rings. The van der Waals surface area contributed by atoms with Crippen LogP contribution in [0.15, 0.2) is 94.1 Å². The molecule has 10 unspecified atom stereocenters. The summed E-state index contributed by atoms with van der Waals surface area (Å²) in [7, 11) is 6.91. The first kappa shape index (κ1) is 58.8. The minimum Gasteiger partial charge on any atom is -0.507 e. The zero-order valence-corrected chi connectivity index (χ0v) is 52.3. The largest absolute Gasteiger partial charge is 0.507 e. The fourth-order valence-electron chi connectivity index (χ4n) is 16.3. The van der Waals surface area contributed by atoms with E-state index in [1.165, 1.54) is 22.8 Å². The van der Waals surface area contributed by atoms with Gasteiger partial charge in [0.1, 0.15) is 34.3 Å². The van der Waals surface area contributed by atoms with Crippen LogP contribution >= 0.6 is 43.2 Å². The molecule has 1 aromatic heterocycles. The van der Waals surface area contributed by atoms with Crippen LogP contribution in [-0.4, -0.2) is 83.8 Å². The number of nitrogens with one attached hydrogen (secondary N) is 1. The van der Waals surface area contributed by atoms with Crippen molar-refractivity contribution in [3.8, 4) is 45.4 Å². The second kappa shape index (κ2) is 24.2. The first-order valence-corrected chi connectivity index (χ1v) is 36.3. The summed E-state index contributed by atoms with van der Waals surface area (Å²) in [5.41, 5.74) is 9.53. The van der Waals surface area contributed by atoms with Gasteiger partial charge in [-0.15, -0.1) is 0 Å². The van der Waals surface area contributed by atoms with Gasteiger partial charge in [-0.25, -0.2) is 0 Å². The lowest BCUT2D eigenvalue weighted by Gasteiger charge is -2.44. The highest BCUT2D eigenvalue weighted by Gasteiger charge is 2.47. The smallest absolute Gasteiger partial charge is 0.238 e. The summed E-state index contributed by atoms with van der Waals surface area (Å²) in [5.74, 6) is 0.439. The highest BCUT2D eigenvalue weighted by Crippen LogP contribution is 2.62. The molecule has 2 saturated heterocycles. The van der Waals surface area contributed by atoms with Gasteiger partial charge >= 0.3 is 0 Å². The Morgan fingerprint density at radius 1 is 0.814 bits per heavy atom. The lowest BCUT2D eigenvalue weighted by atomic mass is 9.65. The maximum atomic E-state index is 15.8. The van der Waals surface area contributed by atoms with Gasteiger partial charge in [0.25, 0.3) is 0 Å². The van der Waals surface area contributed by atoms with Crippen molar-refractivity contribution in [1.29, 1.82) is 0 Å². The van der Waals surface area contributed by atoms with Crippen LogP contribution in [0, 0.1) is 17.8 Å². The number of piperidine rings is 1. The fourth-order valence-corrected chi connectivity index (χ4v) is 22.3. The van der Waals surface area contributed by atoms with E-state index in [1.54, 1.807) is 32.4 Å². The summed E-state index contributed by atoms with van der Waals surface area (Å²) in [4.78, 5) is 15.8. The number of aliphatic hydroxyl groups excluding tert-OH is 3. The zero-order valence-electron chi connectivity index (χ0n) is 49.1. The molecule has 10 atom stereocenters. The van der Waals surface area contributed by atoms with Crippen LogP contribution in [0.1, 0.15) is 170 Å². The van der Waals surface area contributed by atoms with Gasteiger partial charge in [0.15, 0.2) is 5.76 Å². The van der Waals surface area contributed by atoms with Crippen molar-refractivity contribution in [2.75, 3.05) is 18.9 Å². The predicted octanol–water partition coefficient (Wildman–Crippen LogP) is 14.6. The summed E-state index contributed by atoms with van der Waals surface area (Å²) in [6, 6.07) is 29.3. The van der Waals surface area contributed by atoms with E-state index in [0.717, 1.165) is 109 Å². The standard InChI is InChI=1S/C71H79NO10S4/c1-37(2)25-44-31-49(52-36-84-85-57-29-40(26-38-11-5-3-6-12-38)35-72-63(57)43-14-9-13-39(27-43)28-48(52)64(44)76)68-67(79)66(78)62-56(82-68)34-54(75)60-50-32-47-45(19-23-73)41(18-22-71(80)20-7-4-8-21-71)30-42-16-17-46-61(58(42)47)59(50)51-33-55(81-69(60)62)53(74)15-10-24-83-86-70(46)65(51)77/h3,5-6,9,11-14,16-17,27,31-32,34,37,40-41,45,51,53,55,57,63,65,70,72-77,79-80H,4,7-8,10,15,18-26,28-30,33,35-36H2,1-2H3. The van der Waals surface area contributed by atoms with Crippen molar-refractivity contribution in [1.82, 2.24) is 5.32 Å². The van der Waals surface area contributed by atoms with Crippen molar-refractivity contribution >= 4 is 64.9 Å². The highest BCUT2D eigenvalue weighted by atomic mass is 33.1. The SMILES string of the molecule is CC(C)Cc1cc(-c2oc3cc(O)c4c(c3c(=O)c2O)OC2CC3c5c-4cc4c6c(ccc(c56)C(SSCCCC2O)C3O)CC(CCC2(O)CCCCC2)C4CCO)c2c(c1O)Cc1cccc(c1)C1NCC(Cc3ccccc3)CC1SSC2. The number of hydrogen-bond donors (Lipinski definition) is 8. The molecule has 1 saturated carbocycles. The van der Waals surface area contributed by atoms with E-state index in [2.05, 4.69) is 92.0 Å². The maximum Gasteiger partial charge on any atom is 0.238 e. The number of phenolic OH excluding ortho intramolecular Hbond substituents is 2.